The van der Waals surface area contributed by atoms with E-state index in [4.69, 9.17) is 0 Å². The zero-order chi connectivity index (χ0) is 14.7. The maximum atomic E-state index is 13.2. The van der Waals surface area contributed by atoms with E-state index in [1.165, 1.54) is 12.1 Å². The molecule has 0 fully saturated rings. The standard InChI is InChI=1S/C13H15FN4O2/c1-3-12-9(8-17(2)16-12)7-15-10-4-5-11(14)13(6-10)18(19)20/h4-6,8,15H,3,7H2,1-2H3. The summed E-state index contributed by atoms with van der Waals surface area (Å²) in [5, 5.41) is 18.0. The Bertz CT molecular complexity index is 639. The average molecular weight is 278 g/mol. The van der Waals surface area contributed by atoms with E-state index in [2.05, 4.69) is 10.4 Å². The molecule has 1 aromatic carbocycles. The molecule has 7 heteroatoms. The van der Waals surface area contributed by atoms with E-state index in [0.717, 1.165) is 23.7 Å². The minimum Gasteiger partial charge on any atom is -0.381 e. The van der Waals surface area contributed by atoms with Crippen LogP contribution in [0.2, 0.25) is 0 Å². The zero-order valence-corrected chi connectivity index (χ0v) is 11.3. The summed E-state index contributed by atoms with van der Waals surface area (Å²) in [4.78, 5) is 9.94. The maximum absolute atomic E-state index is 13.2. The summed E-state index contributed by atoms with van der Waals surface area (Å²) in [6.45, 7) is 2.49. The van der Waals surface area contributed by atoms with E-state index in [9.17, 15) is 14.5 Å². The molecule has 0 unspecified atom stereocenters. The Hall–Kier alpha value is -2.44. The number of hydrogen-bond donors (Lipinski definition) is 1. The fourth-order valence-electron chi connectivity index (χ4n) is 1.99. The number of halogens is 1. The largest absolute Gasteiger partial charge is 0.381 e. The highest BCUT2D eigenvalue weighted by molar-refractivity contribution is 5.52. The number of benzene rings is 1. The molecule has 1 heterocycles. The molecule has 0 amide bonds. The van der Waals surface area contributed by atoms with E-state index in [0.29, 0.717) is 12.2 Å². The maximum Gasteiger partial charge on any atom is 0.306 e. The Morgan fingerprint density at radius 3 is 2.90 bits per heavy atom. The zero-order valence-electron chi connectivity index (χ0n) is 11.3. The van der Waals surface area contributed by atoms with Gasteiger partial charge < -0.3 is 5.32 Å². The minimum atomic E-state index is -0.837. The van der Waals surface area contributed by atoms with Gasteiger partial charge in [0.15, 0.2) is 0 Å². The molecule has 0 aliphatic carbocycles. The number of rotatable bonds is 5. The Morgan fingerprint density at radius 1 is 1.50 bits per heavy atom. The van der Waals surface area contributed by atoms with E-state index < -0.39 is 16.4 Å². The van der Waals surface area contributed by atoms with Crippen molar-refractivity contribution in [2.75, 3.05) is 5.32 Å². The van der Waals surface area contributed by atoms with Crippen LogP contribution in [0.4, 0.5) is 15.8 Å². The summed E-state index contributed by atoms with van der Waals surface area (Å²) in [6, 6.07) is 3.76. The summed E-state index contributed by atoms with van der Waals surface area (Å²) in [5.41, 5.74) is 1.96. The molecule has 0 atom stereocenters. The molecule has 106 valence electrons. The van der Waals surface area contributed by atoms with Crippen LogP contribution in [0.15, 0.2) is 24.4 Å². The van der Waals surface area contributed by atoms with Gasteiger partial charge in [-0.2, -0.15) is 9.49 Å². The first-order valence-corrected chi connectivity index (χ1v) is 6.20. The van der Waals surface area contributed by atoms with Crippen LogP contribution in [0.25, 0.3) is 0 Å². The van der Waals surface area contributed by atoms with Crippen LogP contribution in [0, 0.1) is 15.9 Å². The van der Waals surface area contributed by atoms with Crippen molar-refractivity contribution in [2.45, 2.75) is 19.9 Å². The highest BCUT2D eigenvalue weighted by Gasteiger charge is 2.14. The molecule has 1 aromatic heterocycles. The lowest BCUT2D eigenvalue weighted by Crippen LogP contribution is -2.02. The molecule has 0 bridgehead atoms. The number of aromatic nitrogens is 2. The van der Waals surface area contributed by atoms with Gasteiger partial charge >= 0.3 is 5.69 Å². The second-order valence-electron chi connectivity index (χ2n) is 4.41. The van der Waals surface area contributed by atoms with Gasteiger partial charge in [-0.05, 0) is 18.6 Å². The summed E-state index contributed by atoms with van der Waals surface area (Å²) in [6.07, 6.45) is 2.70. The van der Waals surface area contributed by atoms with Gasteiger partial charge in [-0.25, -0.2) is 0 Å². The molecular formula is C13H15FN4O2. The fraction of sp³-hybridized carbons (Fsp3) is 0.308. The molecule has 0 aliphatic rings. The molecule has 2 rings (SSSR count). The lowest BCUT2D eigenvalue weighted by molar-refractivity contribution is -0.387. The number of anilines is 1. The molecule has 2 aromatic rings. The van der Waals surface area contributed by atoms with Crippen molar-refractivity contribution in [3.8, 4) is 0 Å². The summed E-state index contributed by atoms with van der Waals surface area (Å²) in [7, 11) is 1.84. The van der Waals surface area contributed by atoms with E-state index in [-0.39, 0.29) is 0 Å². The van der Waals surface area contributed by atoms with E-state index >= 15 is 0 Å². The van der Waals surface area contributed by atoms with Gasteiger partial charge in [-0.15, -0.1) is 0 Å². The van der Waals surface area contributed by atoms with Gasteiger partial charge in [0.25, 0.3) is 0 Å². The summed E-state index contributed by atoms with van der Waals surface area (Å²) < 4.78 is 14.9. The second-order valence-corrected chi connectivity index (χ2v) is 4.41. The average Bonchev–Trinajstić information content (AvgIpc) is 2.77. The van der Waals surface area contributed by atoms with Gasteiger partial charge in [-0.3, -0.25) is 14.8 Å². The van der Waals surface area contributed by atoms with Crippen LogP contribution < -0.4 is 5.32 Å². The van der Waals surface area contributed by atoms with Crippen molar-refractivity contribution < 1.29 is 9.31 Å². The Labute approximate surface area is 115 Å². The first kappa shape index (κ1) is 14.0. The van der Waals surface area contributed by atoms with Crippen LogP contribution >= 0.6 is 0 Å². The van der Waals surface area contributed by atoms with Crippen molar-refractivity contribution in [3.63, 3.8) is 0 Å². The molecular weight excluding hydrogens is 263 g/mol. The summed E-state index contributed by atoms with van der Waals surface area (Å²) in [5.74, 6) is -0.837. The second kappa shape index (κ2) is 5.68. The van der Waals surface area contributed by atoms with Crippen molar-refractivity contribution in [3.05, 3.63) is 51.6 Å². The molecule has 0 spiro atoms. The third-order valence-corrected chi connectivity index (χ3v) is 2.95. The SMILES string of the molecule is CCc1nn(C)cc1CNc1ccc(F)c([N+](=O)[O-])c1. The molecule has 1 N–H and O–H groups in total. The Kier molecular flexibility index (Phi) is 3.97. The summed E-state index contributed by atoms with van der Waals surface area (Å²) >= 11 is 0. The normalized spacial score (nSPS) is 10.6. The number of nitrogens with zero attached hydrogens (tertiary/aromatic N) is 3. The van der Waals surface area contributed by atoms with Crippen LogP contribution in [0.5, 0.6) is 0 Å². The lowest BCUT2D eigenvalue weighted by Gasteiger charge is -2.06. The van der Waals surface area contributed by atoms with Gasteiger partial charge in [0, 0.05) is 37.1 Å². The van der Waals surface area contributed by atoms with Gasteiger partial charge in [-0.1, -0.05) is 6.92 Å². The van der Waals surface area contributed by atoms with Crippen molar-refractivity contribution in [1.29, 1.82) is 0 Å². The first-order valence-electron chi connectivity index (χ1n) is 6.20. The Morgan fingerprint density at radius 2 is 2.25 bits per heavy atom. The van der Waals surface area contributed by atoms with E-state index in [1.54, 1.807) is 4.68 Å². The van der Waals surface area contributed by atoms with Crippen molar-refractivity contribution >= 4 is 11.4 Å². The minimum absolute atomic E-state index is 0.486. The molecule has 0 aliphatic heterocycles. The lowest BCUT2D eigenvalue weighted by atomic mass is 10.2. The number of nitro benzene ring substituents is 1. The fourth-order valence-corrected chi connectivity index (χ4v) is 1.99. The van der Waals surface area contributed by atoms with Gasteiger partial charge in [0.2, 0.25) is 5.82 Å². The van der Waals surface area contributed by atoms with Gasteiger partial charge in [0.1, 0.15) is 0 Å². The Balaban J connectivity index is 2.14. The van der Waals surface area contributed by atoms with Crippen LogP contribution in [-0.4, -0.2) is 14.7 Å². The number of aryl methyl sites for hydroxylation is 2. The topological polar surface area (TPSA) is 73.0 Å². The predicted octanol–water partition coefficient (Wildman–Crippen LogP) is 2.64. The monoisotopic (exact) mass is 278 g/mol. The third kappa shape index (κ3) is 2.93. The predicted molar refractivity (Wildman–Crippen MR) is 73.0 cm³/mol. The molecule has 6 nitrogen and oxygen atoms in total. The van der Waals surface area contributed by atoms with Crippen molar-refractivity contribution in [2.24, 2.45) is 7.05 Å². The quantitative estimate of drug-likeness (QED) is 0.674. The smallest absolute Gasteiger partial charge is 0.306 e. The van der Waals surface area contributed by atoms with Crippen LogP contribution in [-0.2, 0) is 20.0 Å². The number of nitro groups is 1. The number of hydrogen-bond acceptors (Lipinski definition) is 4. The molecule has 20 heavy (non-hydrogen) atoms. The molecule has 0 saturated carbocycles. The first-order chi connectivity index (χ1) is 9.51. The van der Waals surface area contributed by atoms with Crippen molar-refractivity contribution in [1.82, 2.24) is 9.78 Å². The van der Waals surface area contributed by atoms with Crippen LogP contribution in [0.3, 0.4) is 0 Å². The number of nitrogens with one attached hydrogen (secondary N) is 1. The molecule has 0 saturated heterocycles. The van der Waals surface area contributed by atoms with E-state index in [1.807, 2.05) is 20.2 Å². The molecule has 0 radical (unpaired) electrons. The van der Waals surface area contributed by atoms with Crippen LogP contribution in [0.1, 0.15) is 18.2 Å². The third-order valence-electron chi connectivity index (χ3n) is 2.95. The highest BCUT2D eigenvalue weighted by atomic mass is 19.1. The van der Waals surface area contributed by atoms with Gasteiger partial charge in [0.05, 0.1) is 10.6 Å². The highest BCUT2D eigenvalue weighted by Crippen LogP contribution is 2.22.